The third kappa shape index (κ3) is 5.65. The van der Waals surface area contributed by atoms with Crippen LogP contribution in [-0.4, -0.2) is 61.3 Å². The summed E-state index contributed by atoms with van der Waals surface area (Å²) in [5, 5.41) is 24.9. The maximum Gasteiger partial charge on any atom is 0.329 e. The van der Waals surface area contributed by atoms with Gasteiger partial charge >= 0.3 is 5.97 Å². The molecule has 0 bridgehead atoms. The molecule has 2 heterocycles. The van der Waals surface area contributed by atoms with Gasteiger partial charge in [0.1, 0.15) is 5.54 Å². The zero-order valence-electron chi connectivity index (χ0n) is 22.5. The van der Waals surface area contributed by atoms with Crippen molar-refractivity contribution in [1.82, 2.24) is 25.5 Å². The number of nitrogens with one attached hydrogen (secondary N) is 1. The van der Waals surface area contributed by atoms with E-state index < -0.39 is 11.5 Å². The number of nitrogens with zero attached hydrogens (tertiary/aromatic N) is 4. The average molecular weight is 540 g/mol. The molecule has 4 aromatic rings. The molecule has 9 heteroatoms. The van der Waals surface area contributed by atoms with Gasteiger partial charge in [-0.3, -0.25) is 4.79 Å². The molecule has 1 aliphatic heterocycles. The molecule has 1 fully saturated rings. The fourth-order valence-electron chi connectivity index (χ4n) is 5.29. The molecular weight excluding hydrogens is 506 g/mol. The average Bonchev–Trinajstić information content (AvgIpc) is 3.54. The quantitative estimate of drug-likeness (QED) is 0.278. The zero-order chi connectivity index (χ0) is 28.0. The van der Waals surface area contributed by atoms with Crippen LogP contribution in [0.4, 0.5) is 0 Å². The number of carboxylic acid groups (broad SMARTS) is 1. The molecule has 0 unspecified atom stereocenters. The van der Waals surface area contributed by atoms with E-state index in [2.05, 4.69) is 38.8 Å². The summed E-state index contributed by atoms with van der Waals surface area (Å²) in [6, 6.07) is 24.2. The number of ether oxygens (including phenoxy) is 1. The summed E-state index contributed by atoms with van der Waals surface area (Å²) in [4.78, 5) is 27.5. The van der Waals surface area contributed by atoms with Gasteiger partial charge in [-0.05, 0) is 51.6 Å². The molecule has 40 heavy (non-hydrogen) atoms. The highest BCUT2D eigenvalue weighted by Gasteiger charge is 2.47. The molecule has 5 rings (SSSR count). The Morgan fingerprint density at radius 1 is 0.950 bits per heavy atom. The maximum atomic E-state index is 13.4. The van der Waals surface area contributed by atoms with Crippen molar-refractivity contribution in [3.05, 3.63) is 78.4 Å². The fraction of sp³-hybridized carbons (Fsp3) is 0.323. The van der Waals surface area contributed by atoms with Crippen molar-refractivity contribution >= 4 is 11.9 Å². The van der Waals surface area contributed by atoms with Gasteiger partial charge in [0.25, 0.3) is 0 Å². The van der Waals surface area contributed by atoms with Crippen LogP contribution >= 0.6 is 0 Å². The molecule has 0 saturated carbocycles. The molecule has 0 spiro atoms. The van der Waals surface area contributed by atoms with Crippen molar-refractivity contribution in [3.63, 3.8) is 0 Å². The van der Waals surface area contributed by atoms with E-state index in [9.17, 15) is 14.7 Å². The van der Waals surface area contributed by atoms with Gasteiger partial charge < -0.3 is 14.7 Å². The Labute approximate surface area is 233 Å². The van der Waals surface area contributed by atoms with Crippen LogP contribution in [0.2, 0.25) is 0 Å². The van der Waals surface area contributed by atoms with Gasteiger partial charge in [-0.25, -0.2) is 4.79 Å². The second-order valence-electron chi connectivity index (χ2n) is 10.1. The van der Waals surface area contributed by atoms with E-state index in [0.717, 1.165) is 46.2 Å². The lowest BCUT2D eigenvalue weighted by Gasteiger charge is -2.43. The van der Waals surface area contributed by atoms with Crippen molar-refractivity contribution in [2.24, 2.45) is 0 Å². The number of hydrogen-bond donors (Lipinski definition) is 2. The van der Waals surface area contributed by atoms with Crippen LogP contribution in [0.3, 0.4) is 0 Å². The first-order chi connectivity index (χ1) is 19.5. The Bertz CT molecular complexity index is 1430. The summed E-state index contributed by atoms with van der Waals surface area (Å²) in [7, 11) is 0. The number of tetrazole rings is 1. The SMILES string of the molecule is CCCCC(=O)N(Cc1ccc(-c2cc(-c3ccccc3)ccc2-c2nn[nH]n2)cc1)C1(C(=O)O)CCOCC1. The molecule has 1 saturated heterocycles. The van der Waals surface area contributed by atoms with Crippen LogP contribution in [0.15, 0.2) is 72.8 Å². The first-order valence-electron chi connectivity index (χ1n) is 13.7. The number of aliphatic carboxylic acids is 1. The van der Waals surface area contributed by atoms with Gasteiger partial charge in [0.2, 0.25) is 11.7 Å². The van der Waals surface area contributed by atoms with E-state index in [4.69, 9.17) is 4.74 Å². The third-order valence-corrected chi connectivity index (χ3v) is 7.60. The summed E-state index contributed by atoms with van der Waals surface area (Å²) >= 11 is 0. The summed E-state index contributed by atoms with van der Waals surface area (Å²) < 4.78 is 5.47. The minimum absolute atomic E-state index is 0.134. The van der Waals surface area contributed by atoms with Crippen molar-refractivity contribution in [2.75, 3.05) is 13.2 Å². The van der Waals surface area contributed by atoms with Crippen LogP contribution in [0.25, 0.3) is 33.6 Å². The zero-order valence-corrected chi connectivity index (χ0v) is 22.5. The highest BCUT2D eigenvalue weighted by Crippen LogP contribution is 2.35. The molecule has 1 aromatic heterocycles. The van der Waals surface area contributed by atoms with E-state index >= 15 is 0 Å². The normalized spacial score (nSPS) is 14.5. The number of hydrogen-bond acceptors (Lipinski definition) is 6. The van der Waals surface area contributed by atoms with E-state index in [1.807, 2.05) is 61.5 Å². The Morgan fingerprint density at radius 3 is 2.33 bits per heavy atom. The molecule has 0 atom stereocenters. The molecule has 3 aromatic carbocycles. The second-order valence-corrected chi connectivity index (χ2v) is 10.1. The number of unbranched alkanes of at least 4 members (excludes halogenated alkanes) is 1. The van der Waals surface area contributed by atoms with Crippen molar-refractivity contribution in [3.8, 4) is 33.6 Å². The van der Waals surface area contributed by atoms with E-state index in [-0.39, 0.29) is 25.3 Å². The van der Waals surface area contributed by atoms with Gasteiger partial charge in [-0.15, -0.1) is 10.2 Å². The van der Waals surface area contributed by atoms with Crippen LogP contribution < -0.4 is 0 Å². The van der Waals surface area contributed by atoms with Crippen molar-refractivity contribution in [1.29, 1.82) is 0 Å². The monoisotopic (exact) mass is 539 g/mol. The van der Waals surface area contributed by atoms with Crippen LogP contribution in [0.1, 0.15) is 44.6 Å². The summed E-state index contributed by atoms with van der Waals surface area (Å²) in [5.41, 5.74) is 4.48. The number of H-pyrrole nitrogens is 1. The van der Waals surface area contributed by atoms with Crippen LogP contribution in [0.5, 0.6) is 0 Å². The first kappa shape index (κ1) is 27.2. The number of carbonyl (C=O) groups excluding carboxylic acids is 1. The fourth-order valence-corrected chi connectivity index (χ4v) is 5.29. The molecule has 1 aliphatic rings. The molecule has 2 N–H and O–H groups in total. The Morgan fingerprint density at radius 2 is 1.68 bits per heavy atom. The smallest absolute Gasteiger partial charge is 0.329 e. The lowest BCUT2D eigenvalue weighted by atomic mass is 9.86. The third-order valence-electron chi connectivity index (χ3n) is 7.60. The lowest BCUT2D eigenvalue weighted by molar-refractivity contribution is -0.167. The molecule has 9 nitrogen and oxygen atoms in total. The minimum Gasteiger partial charge on any atom is -0.479 e. The highest BCUT2D eigenvalue weighted by molar-refractivity contribution is 5.87. The van der Waals surface area contributed by atoms with Gasteiger partial charge in [0.05, 0.1) is 0 Å². The molecule has 0 aliphatic carbocycles. The largest absolute Gasteiger partial charge is 0.479 e. The number of amides is 1. The summed E-state index contributed by atoms with van der Waals surface area (Å²) in [5.74, 6) is -0.612. The molecule has 206 valence electrons. The molecule has 1 amide bonds. The predicted molar refractivity (Wildman–Crippen MR) is 151 cm³/mol. The van der Waals surface area contributed by atoms with Crippen molar-refractivity contribution < 1.29 is 19.4 Å². The van der Waals surface area contributed by atoms with Gasteiger partial charge in [-0.1, -0.05) is 74.0 Å². The highest BCUT2D eigenvalue weighted by atomic mass is 16.5. The van der Waals surface area contributed by atoms with E-state index in [1.54, 1.807) is 4.90 Å². The predicted octanol–water partition coefficient (Wildman–Crippen LogP) is 5.35. The molecular formula is C31H33N5O4. The standard InChI is InChI=1S/C31H33N5O4/c1-2-3-9-28(37)36(31(30(38)39)16-18-40-19-17-31)21-22-10-12-24(13-11-22)27-20-25(23-7-5-4-6-8-23)14-15-26(27)29-32-34-35-33-29/h4-8,10-15,20H,2-3,9,16-19,21H2,1H3,(H,38,39)(H,32,33,34,35). The lowest BCUT2D eigenvalue weighted by Crippen LogP contribution is -2.59. The molecule has 0 radical (unpaired) electrons. The number of aromatic nitrogens is 4. The van der Waals surface area contributed by atoms with Gasteiger partial charge in [-0.2, -0.15) is 5.21 Å². The minimum atomic E-state index is -1.27. The number of aromatic amines is 1. The number of carbonyl (C=O) groups is 2. The second kappa shape index (κ2) is 12.2. The Balaban J connectivity index is 1.49. The summed E-state index contributed by atoms with van der Waals surface area (Å²) in [6.07, 6.45) is 2.46. The number of rotatable bonds is 10. The van der Waals surface area contributed by atoms with Gasteiger partial charge in [0.15, 0.2) is 0 Å². The van der Waals surface area contributed by atoms with E-state index in [1.165, 1.54) is 0 Å². The number of carboxylic acids is 1. The van der Waals surface area contributed by atoms with Crippen LogP contribution in [0, 0.1) is 0 Å². The Hall–Kier alpha value is -4.37. The van der Waals surface area contributed by atoms with Gasteiger partial charge in [0, 0.05) is 44.6 Å². The number of benzene rings is 3. The Kier molecular flexibility index (Phi) is 8.31. The topological polar surface area (TPSA) is 121 Å². The summed E-state index contributed by atoms with van der Waals surface area (Å²) in [6.45, 7) is 2.88. The van der Waals surface area contributed by atoms with E-state index in [0.29, 0.717) is 25.5 Å². The first-order valence-corrected chi connectivity index (χ1v) is 13.7. The maximum absolute atomic E-state index is 13.4. The van der Waals surface area contributed by atoms with Crippen LogP contribution in [-0.2, 0) is 20.9 Å². The van der Waals surface area contributed by atoms with Crippen molar-refractivity contribution in [2.45, 2.75) is 51.1 Å².